The van der Waals surface area contributed by atoms with Crippen LogP contribution in [0.3, 0.4) is 0 Å². The van der Waals surface area contributed by atoms with Crippen molar-refractivity contribution in [1.82, 2.24) is 0 Å². The van der Waals surface area contributed by atoms with Gasteiger partial charge in [-0.15, -0.1) is 0 Å². The topological polar surface area (TPSA) is 0 Å². The van der Waals surface area contributed by atoms with E-state index in [0.717, 1.165) is 0 Å². The van der Waals surface area contributed by atoms with Crippen molar-refractivity contribution in [3.05, 3.63) is 6.92 Å². The van der Waals surface area contributed by atoms with Crippen molar-refractivity contribution in [2.45, 2.75) is 78.7 Å². The number of hydrogen-bond acceptors (Lipinski definition) is 0. The Morgan fingerprint density at radius 2 is 0.629 bits per heavy atom. The highest BCUT2D eigenvalue weighted by atomic mass is 19.4. The quantitative estimate of drug-likeness (QED) is 0.220. The van der Waals surface area contributed by atoms with Gasteiger partial charge in [-0.05, 0) is 13.8 Å². The zero-order valence-corrected chi connectivity index (χ0v) is 15.9. The minimum atomic E-state index is -9.11. The fourth-order valence-corrected chi connectivity index (χ4v) is 2.03. The van der Waals surface area contributed by atoms with E-state index in [1.807, 2.05) is 6.92 Å². The Balaban J connectivity index is 7.11. The van der Waals surface area contributed by atoms with Crippen molar-refractivity contribution >= 4 is 0 Å². The van der Waals surface area contributed by atoms with E-state index in [1.165, 1.54) is 0 Å². The molecule has 0 aromatic carbocycles. The Hall–Kier alpha value is -1.47. The summed E-state index contributed by atoms with van der Waals surface area (Å²) in [7, 11) is 0. The maximum Gasteiger partial charge on any atom is 0.385 e. The van der Waals surface area contributed by atoms with Crippen LogP contribution in [0.1, 0.15) is 13.3 Å². The van der Waals surface area contributed by atoms with E-state index in [4.69, 9.17) is 0 Å². The van der Waals surface area contributed by atoms with Gasteiger partial charge in [-0.2, -0.15) is 87.8 Å². The zero-order chi connectivity index (χ0) is 29.3. The molecule has 0 heterocycles. The van der Waals surface area contributed by atoms with Crippen LogP contribution in [-0.2, 0) is 0 Å². The van der Waals surface area contributed by atoms with Gasteiger partial charge in [-0.25, -0.2) is 4.39 Å². The van der Waals surface area contributed by atoms with Gasteiger partial charge in [0, 0.05) is 6.42 Å². The number of halogens is 21. The molecular formula is C14H8F21. The Morgan fingerprint density at radius 3 is 0.829 bits per heavy atom. The summed E-state index contributed by atoms with van der Waals surface area (Å²) in [6.07, 6.45) is -7.53. The van der Waals surface area contributed by atoms with E-state index < -0.39 is 78.7 Å². The third-order valence-corrected chi connectivity index (χ3v) is 4.45. The molecule has 0 saturated carbocycles. The second kappa shape index (κ2) is 8.27. The van der Waals surface area contributed by atoms with Crippen LogP contribution in [-0.4, -0.2) is 65.4 Å². The fraction of sp³-hybridized carbons (Fsp3) is 0.929. The smallest absolute Gasteiger partial charge is 0.241 e. The van der Waals surface area contributed by atoms with Gasteiger partial charge in [0.05, 0.1) is 0 Å². The van der Waals surface area contributed by atoms with Crippen molar-refractivity contribution in [2.75, 3.05) is 0 Å². The van der Waals surface area contributed by atoms with Crippen molar-refractivity contribution in [3.63, 3.8) is 0 Å². The molecule has 0 nitrogen and oxygen atoms in total. The van der Waals surface area contributed by atoms with Gasteiger partial charge in [0.2, 0.25) is 0 Å². The van der Waals surface area contributed by atoms with Crippen molar-refractivity contribution in [2.24, 2.45) is 0 Å². The largest absolute Gasteiger partial charge is 0.385 e. The summed E-state index contributed by atoms with van der Waals surface area (Å²) in [5, 5.41) is 0. The number of rotatable bonds is 11. The highest BCUT2D eigenvalue weighted by Gasteiger charge is 2.97. The lowest BCUT2D eigenvalue weighted by molar-refractivity contribution is -0.470. The maximum atomic E-state index is 13.5. The van der Waals surface area contributed by atoms with Crippen molar-refractivity contribution in [1.29, 1.82) is 0 Å². The monoisotopic (exact) mass is 575 g/mol. The Bertz CT molecular complexity index is 760. The molecule has 35 heavy (non-hydrogen) atoms. The third-order valence-electron chi connectivity index (χ3n) is 4.45. The summed E-state index contributed by atoms with van der Waals surface area (Å²) in [5.41, 5.74) is 0. The highest BCUT2D eigenvalue weighted by Crippen LogP contribution is 2.66. The Kier molecular flexibility index (Phi) is 7.92. The molecule has 1 radical (unpaired) electrons. The first kappa shape index (κ1) is 33.5. The van der Waals surface area contributed by atoms with Gasteiger partial charge in [-0.1, -0.05) is 0 Å². The molecule has 0 rings (SSSR count). The van der Waals surface area contributed by atoms with Crippen molar-refractivity contribution < 1.29 is 92.2 Å². The highest BCUT2D eigenvalue weighted by molar-refractivity contribution is 5.18. The first-order chi connectivity index (χ1) is 14.8. The molecule has 0 fully saturated rings. The van der Waals surface area contributed by atoms with E-state index in [-0.39, 0.29) is 0 Å². The molecule has 0 aliphatic rings. The lowest BCUT2D eigenvalue weighted by atomic mass is 9.85. The number of alkyl halides is 21. The summed E-state index contributed by atoms with van der Waals surface area (Å²) in [5.74, 6) is -83.1. The average molecular weight is 575 g/mol. The average Bonchev–Trinajstić information content (AvgIpc) is 2.66. The molecule has 0 amide bonds. The summed E-state index contributed by atoms with van der Waals surface area (Å²) in [4.78, 5) is 0. The van der Waals surface area contributed by atoms with Gasteiger partial charge in [-0.3, -0.25) is 0 Å². The lowest BCUT2D eigenvalue weighted by Crippen LogP contribution is -2.77. The van der Waals surface area contributed by atoms with Crippen LogP contribution in [0.4, 0.5) is 92.2 Å². The molecular weight excluding hydrogens is 567 g/mol. The van der Waals surface area contributed by atoms with E-state index in [9.17, 15) is 92.2 Å². The fourth-order valence-electron chi connectivity index (χ4n) is 2.03. The molecule has 1 atom stereocenters. The SMILES string of the molecule is [CH2]CC(F)(F)C(F)(F)C(F)(F)C(F)(F)C(F)(F)C(F)(F)C(F)(F)C(F)(F)C(F)(F)C(F)(F)C(C)F. The first-order valence-electron chi connectivity index (χ1n) is 7.97. The van der Waals surface area contributed by atoms with E-state index in [1.54, 1.807) is 0 Å². The van der Waals surface area contributed by atoms with Gasteiger partial charge in [0.25, 0.3) is 0 Å². The summed E-state index contributed by atoms with van der Waals surface area (Å²) >= 11 is 0. The molecule has 21 heteroatoms. The second-order valence-corrected chi connectivity index (χ2v) is 6.79. The van der Waals surface area contributed by atoms with E-state index in [2.05, 4.69) is 0 Å². The Labute approximate surface area is 179 Å². The van der Waals surface area contributed by atoms with Crippen molar-refractivity contribution in [3.8, 4) is 0 Å². The maximum absolute atomic E-state index is 13.5. The van der Waals surface area contributed by atoms with Crippen LogP contribution in [0, 0.1) is 6.92 Å². The van der Waals surface area contributed by atoms with Crippen LogP contribution >= 0.6 is 0 Å². The van der Waals surface area contributed by atoms with E-state index in [0.29, 0.717) is 0 Å². The predicted molar refractivity (Wildman–Crippen MR) is 70.0 cm³/mol. The molecule has 0 saturated heterocycles. The molecule has 0 N–H and O–H groups in total. The summed E-state index contributed by atoms with van der Waals surface area (Å²) in [6, 6.07) is 0. The molecule has 0 bridgehead atoms. The van der Waals surface area contributed by atoms with Crippen LogP contribution in [0.15, 0.2) is 0 Å². The van der Waals surface area contributed by atoms with Gasteiger partial charge >= 0.3 is 59.2 Å². The van der Waals surface area contributed by atoms with E-state index >= 15 is 0 Å². The molecule has 1 unspecified atom stereocenters. The molecule has 0 spiro atoms. The van der Waals surface area contributed by atoms with Crippen LogP contribution in [0.2, 0.25) is 0 Å². The molecule has 211 valence electrons. The zero-order valence-electron chi connectivity index (χ0n) is 15.9. The third kappa shape index (κ3) is 3.87. The number of hydrogen-bond donors (Lipinski definition) is 0. The normalized spacial score (nSPS) is 17.6. The molecule has 0 aromatic rings. The Morgan fingerprint density at radius 1 is 0.429 bits per heavy atom. The molecule has 0 aliphatic heterocycles. The van der Waals surface area contributed by atoms with Crippen LogP contribution in [0.25, 0.3) is 0 Å². The summed E-state index contributed by atoms with van der Waals surface area (Å²) in [6.45, 7) is 1.03. The second-order valence-electron chi connectivity index (χ2n) is 6.79. The van der Waals surface area contributed by atoms with Crippen LogP contribution < -0.4 is 0 Å². The molecule has 0 aromatic heterocycles. The standard InChI is InChI=1S/C14H8F21/c1-3-5(16,17)7(20,21)9(24,25)11(28,29)13(32,33)14(34,35)12(30,31)10(26,27)8(22,23)6(18,19)4(2)15/h4H,1,3H2,2H3. The molecule has 0 aliphatic carbocycles. The van der Waals surface area contributed by atoms with Gasteiger partial charge in [0.1, 0.15) is 0 Å². The van der Waals surface area contributed by atoms with Crippen LogP contribution in [0.5, 0.6) is 0 Å². The van der Waals surface area contributed by atoms with Gasteiger partial charge < -0.3 is 0 Å². The van der Waals surface area contributed by atoms with Gasteiger partial charge in [0.15, 0.2) is 6.17 Å². The summed E-state index contributed by atoms with van der Waals surface area (Å²) < 4.78 is 278. The minimum Gasteiger partial charge on any atom is -0.241 e. The lowest BCUT2D eigenvalue weighted by Gasteiger charge is -2.45. The predicted octanol–water partition coefficient (Wildman–Crippen LogP) is 7.92. The minimum absolute atomic E-state index is 0.783. The first-order valence-corrected chi connectivity index (χ1v) is 7.97.